The van der Waals surface area contributed by atoms with E-state index in [-0.39, 0.29) is 29.6 Å². The molecule has 1 N–H and O–H groups in total. The zero-order chi connectivity index (χ0) is 22.2. The fourth-order valence-corrected chi connectivity index (χ4v) is 4.17. The third-order valence-corrected chi connectivity index (χ3v) is 5.87. The smallest absolute Gasteiger partial charge is 0.254 e. The van der Waals surface area contributed by atoms with Gasteiger partial charge >= 0.3 is 0 Å². The maximum Gasteiger partial charge on any atom is 0.254 e. The summed E-state index contributed by atoms with van der Waals surface area (Å²) >= 11 is 0. The molecule has 1 saturated carbocycles. The Balaban J connectivity index is 1.25. The molecule has 1 fully saturated rings. The lowest BCUT2D eigenvalue weighted by atomic mass is 9.86. The van der Waals surface area contributed by atoms with Gasteiger partial charge in [0.25, 0.3) is 11.9 Å². The summed E-state index contributed by atoms with van der Waals surface area (Å²) in [5.74, 6) is 1.18. The van der Waals surface area contributed by atoms with Crippen molar-refractivity contribution >= 4 is 16.8 Å². The van der Waals surface area contributed by atoms with Gasteiger partial charge in [0.15, 0.2) is 0 Å². The minimum atomic E-state index is -0.362. The lowest BCUT2D eigenvalue weighted by molar-refractivity contribution is 0.0924. The largest absolute Gasteiger partial charge is 0.425 e. The lowest BCUT2D eigenvalue weighted by Crippen LogP contribution is -2.37. The summed E-state index contributed by atoms with van der Waals surface area (Å²) in [5.41, 5.74) is 1.69. The molecule has 3 aromatic heterocycles. The number of aromatic nitrogens is 6. The molecule has 0 unspecified atom stereocenters. The number of hydrogen-bond acceptors (Lipinski definition) is 7. The van der Waals surface area contributed by atoms with Crippen LogP contribution in [0.5, 0.6) is 0 Å². The average Bonchev–Trinajstić information content (AvgIpc) is 3.37. The molecule has 5 rings (SSSR count). The number of nitrogens with one attached hydrogen (secondary N) is 1. The molecule has 4 aromatic rings. The van der Waals surface area contributed by atoms with E-state index in [1.807, 2.05) is 6.92 Å². The lowest BCUT2D eigenvalue weighted by Gasteiger charge is -2.27. The Hall–Kier alpha value is -3.69. The summed E-state index contributed by atoms with van der Waals surface area (Å²) in [6.45, 7) is 3.62. The zero-order valence-corrected chi connectivity index (χ0v) is 17.7. The van der Waals surface area contributed by atoms with Crippen LogP contribution in [-0.4, -0.2) is 41.9 Å². The van der Waals surface area contributed by atoms with Gasteiger partial charge < -0.3 is 9.73 Å². The van der Waals surface area contributed by atoms with Gasteiger partial charge in [-0.25, -0.2) is 14.4 Å². The van der Waals surface area contributed by atoms with Gasteiger partial charge in [0, 0.05) is 42.7 Å². The summed E-state index contributed by atoms with van der Waals surface area (Å²) in [7, 11) is 0. The molecule has 0 spiro atoms. The predicted octanol–water partition coefficient (Wildman–Crippen LogP) is 3.41. The molecule has 1 amide bonds. The van der Waals surface area contributed by atoms with Crippen LogP contribution in [0.25, 0.3) is 16.9 Å². The van der Waals surface area contributed by atoms with Crippen molar-refractivity contribution in [2.45, 2.75) is 51.5 Å². The standard InChI is InChI=1S/C22H22FN7O2/c1-12-18-8-5-16(23)9-19(18)30(29-12)22-24-10-15(11-25-22)20(31)26-17-6-3-14(4-7-17)21-28-27-13(2)32-21/h5,8-11,14,17H,3-4,6-7H2,1-2H3,(H,26,31). The number of carbonyl (C=O) groups excluding carboxylic acids is 1. The van der Waals surface area contributed by atoms with Gasteiger partial charge in [-0.3, -0.25) is 4.79 Å². The number of fused-ring (bicyclic) bond motifs is 1. The SMILES string of the molecule is Cc1nnc(C2CCC(NC(=O)c3cnc(-n4nc(C)c5ccc(F)cc54)nc3)CC2)o1. The van der Waals surface area contributed by atoms with Crippen LogP contribution in [0.2, 0.25) is 0 Å². The summed E-state index contributed by atoms with van der Waals surface area (Å²) < 4.78 is 20.7. The minimum absolute atomic E-state index is 0.0723. The van der Waals surface area contributed by atoms with Crippen LogP contribution in [0, 0.1) is 19.7 Å². The molecule has 1 aromatic carbocycles. The van der Waals surface area contributed by atoms with Gasteiger partial charge in [-0.05, 0) is 44.7 Å². The molecule has 1 aliphatic carbocycles. The van der Waals surface area contributed by atoms with Crippen LogP contribution >= 0.6 is 0 Å². The summed E-state index contributed by atoms with van der Waals surface area (Å²) in [5, 5.41) is 16.3. The van der Waals surface area contributed by atoms with Crippen molar-refractivity contribution in [3.63, 3.8) is 0 Å². The number of nitrogens with zero attached hydrogens (tertiary/aromatic N) is 6. The van der Waals surface area contributed by atoms with Crippen molar-refractivity contribution in [3.8, 4) is 5.95 Å². The van der Waals surface area contributed by atoms with E-state index in [0.29, 0.717) is 22.9 Å². The quantitative estimate of drug-likeness (QED) is 0.523. The molecule has 164 valence electrons. The second-order valence-corrected chi connectivity index (χ2v) is 8.11. The molecule has 0 saturated heterocycles. The van der Waals surface area contributed by atoms with Gasteiger partial charge in [-0.1, -0.05) is 0 Å². The Morgan fingerprint density at radius 3 is 2.56 bits per heavy atom. The van der Waals surface area contributed by atoms with Crippen LogP contribution in [-0.2, 0) is 0 Å². The highest BCUT2D eigenvalue weighted by atomic mass is 19.1. The van der Waals surface area contributed by atoms with Crippen LogP contribution in [0.15, 0.2) is 35.0 Å². The van der Waals surface area contributed by atoms with Crippen LogP contribution in [0.3, 0.4) is 0 Å². The molecule has 9 nitrogen and oxygen atoms in total. The number of benzene rings is 1. The van der Waals surface area contributed by atoms with Crippen molar-refractivity contribution < 1.29 is 13.6 Å². The normalized spacial score (nSPS) is 18.7. The monoisotopic (exact) mass is 435 g/mol. The van der Waals surface area contributed by atoms with Crippen LogP contribution in [0.4, 0.5) is 4.39 Å². The van der Waals surface area contributed by atoms with Crippen molar-refractivity contribution in [1.29, 1.82) is 0 Å². The number of hydrogen-bond donors (Lipinski definition) is 1. The number of halogens is 1. The highest BCUT2D eigenvalue weighted by Gasteiger charge is 2.27. The first-order chi connectivity index (χ1) is 15.5. The second kappa shape index (κ2) is 8.10. The summed E-state index contributed by atoms with van der Waals surface area (Å²) in [6.07, 6.45) is 6.36. The number of carbonyl (C=O) groups is 1. The molecule has 1 aliphatic rings. The maximum atomic E-state index is 13.7. The van der Waals surface area contributed by atoms with Gasteiger partial charge in [-0.15, -0.1) is 10.2 Å². The van der Waals surface area contributed by atoms with Crippen molar-refractivity contribution in [2.75, 3.05) is 0 Å². The van der Waals surface area contributed by atoms with E-state index < -0.39 is 0 Å². The topological polar surface area (TPSA) is 112 Å². The molecule has 32 heavy (non-hydrogen) atoms. The van der Waals surface area contributed by atoms with Crippen molar-refractivity contribution in [3.05, 3.63) is 59.4 Å². The fourth-order valence-electron chi connectivity index (χ4n) is 4.17. The van der Waals surface area contributed by atoms with E-state index in [4.69, 9.17) is 4.42 Å². The second-order valence-electron chi connectivity index (χ2n) is 8.11. The molecule has 10 heteroatoms. The molecule has 0 aliphatic heterocycles. The first-order valence-corrected chi connectivity index (χ1v) is 10.6. The fraction of sp³-hybridized carbons (Fsp3) is 0.364. The summed E-state index contributed by atoms with van der Waals surface area (Å²) in [6, 6.07) is 4.54. The first kappa shape index (κ1) is 20.2. The van der Waals surface area contributed by atoms with E-state index in [1.165, 1.54) is 29.2 Å². The average molecular weight is 435 g/mol. The van der Waals surface area contributed by atoms with Crippen molar-refractivity contribution in [1.82, 2.24) is 35.3 Å². The van der Waals surface area contributed by atoms with Gasteiger partial charge in [0.05, 0.1) is 16.8 Å². The Bertz CT molecular complexity index is 1270. The van der Waals surface area contributed by atoms with E-state index >= 15 is 0 Å². The van der Waals surface area contributed by atoms with Gasteiger partial charge in [0.2, 0.25) is 11.8 Å². The number of rotatable bonds is 4. The molecule has 3 heterocycles. The Kier molecular flexibility index (Phi) is 5.12. The van der Waals surface area contributed by atoms with E-state index in [9.17, 15) is 9.18 Å². The Morgan fingerprint density at radius 2 is 1.88 bits per heavy atom. The molecular weight excluding hydrogens is 413 g/mol. The minimum Gasteiger partial charge on any atom is -0.425 e. The molecule has 0 radical (unpaired) electrons. The van der Waals surface area contributed by atoms with Crippen LogP contribution in [0.1, 0.15) is 59.4 Å². The highest BCUT2D eigenvalue weighted by Crippen LogP contribution is 2.32. The number of amides is 1. The number of aryl methyl sites for hydroxylation is 2. The van der Waals surface area contributed by atoms with Gasteiger partial charge in [0.1, 0.15) is 5.82 Å². The Labute approximate surface area is 183 Å². The Morgan fingerprint density at radius 1 is 1.12 bits per heavy atom. The zero-order valence-electron chi connectivity index (χ0n) is 17.7. The summed E-state index contributed by atoms with van der Waals surface area (Å²) in [4.78, 5) is 21.3. The third kappa shape index (κ3) is 3.83. The van der Waals surface area contributed by atoms with E-state index in [0.717, 1.165) is 36.8 Å². The third-order valence-electron chi connectivity index (χ3n) is 5.87. The first-order valence-electron chi connectivity index (χ1n) is 10.6. The van der Waals surface area contributed by atoms with Crippen molar-refractivity contribution in [2.24, 2.45) is 0 Å². The predicted molar refractivity (Wildman–Crippen MR) is 113 cm³/mol. The highest BCUT2D eigenvalue weighted by molar-refractivity contribution is 5.93. The molecular formula is C22H22FN7O2. The molecule has 0 bridgehead atoms. The van der Waals surface area contributed by atoms with Gasteiger partial charge in [-0.2, -0.15) is 9.78 Å². The van der Waals surface area contributed by atoms with E-state index in [1.54, 1.807) is 13.0 Å². The molecule has 0 atom stereocenters. The maximum absolute atomic E-state index is 13.7. The van der Waals surface area contributed by atoms with E-state index in [2.05, 4.69) is 30.6 Å². The van der Waals surface area contributed by atoms with Crippen LogP contribution < -0.4 is 5.32 Å².